The minimum absolute atomic E-state index is 0. The summed E-state index contributed by atoms with van der Waals surface area (Å²) in [7, 11) is 0. The third kappa shape index (κ3) is 3.17. The van der Waals surface area contributed by atoms with E-state index in [-0.39, 0.29) is 12.4 Å². The highest BCUT2D eigenvalue weighted by atomic mass is 35.5. The summed E-state index contributed by atoms with van der Waals surface area (Å²) in [6, 6.07) is 4.13. The predicted molar refractivity (Wildman–Crippen MR) is 79.5 cm³/mol. The number of likely N-dealkylation sites (tertiary alicyclic amines) is 1. The number of aromatic nitrogens is 1. The van der Waals surface area contributed by atoms with Crippen LogP contribution in [0.3, 0.4) is 0 Å². The summed E-state index contributed by atoms with van der Waals surface area (Å²) in [5.74, 6) is 1.42. The van der Waals surface area contributed by atoms with E-state index in [1.807, 2.05) is 12.1 Å². The van der Waals surface area contributed by atoms with Gasteiger partial charge in [-0.15, -0.1) is 23.7 Å². The highest BCUT2D eigenvalue weighted by molar-refractivity contribution is 7.13. The predicted octanol–water partition coefficient (Wildman–Crippen LogP) is 2.60. The molecule has 2 N–H and O–H groups in total. The second kappa shape index (κ2) is 6.05. The first kappa shape index (κ1) is 14.5. The second-order valence-electron chi connectivity index (χ2n) is 4.96. The number of nitrogens with zero attached hydrogens (tertiary/aromatic N) is 2. The molecule has 2 unspecified atom stereocenters. The summed E-state index contributed by atoms with van der Waals surface area (Å²) in [5.41, 5.74) is 7.13. The third-order valence-electron chi connectivity index (χ3n) is 3.42. The van der Waals surface area contributed by atoms with Gasteiger partial charge in [0.1, 0.15) is 0 Å². The number of thiazole rings is 1. The van der Waals surface area contributed by atoms with Gasteiger partial charge in [0, 0.05) is 31.1 Å². The average molecular weight is 300 g/mol. The Kier molecular flexibility index (Phi) is 4.62. The first-order valence-electron chi connectivity index (χ1n) is 6.18. The first-order chi connectivity index (χ1) is 8.72. The highest BCUT2D eigenvalue weighted by Gasteiger charge is 2.26. The van der Waals surface area contributed by atoms with Crippen molar-refractivity contribution in [3.63, 3.8) is 0 Å². The molecule has 1 aliphatic heterocycles. The maximum atomic E-state index is 6.03. The van der Waals surface area contributed by atoms with Crippen LogP contribution in [-0.4, -0.2) is 29.0 Å². The number of rotatable bonds is 3. The van der Waals surface area contributed by atoms with Gasteiger partial charge in [-0.05, 0) is 18.1 Å². The average Bonchev–Trinajstić information content (AvgIpc) is 3.02. The molecule has 0 radical (unpaired) electrons. The molecule has 104 valence electrons. The zero-order chi connectivity index (χ0) is 12.5. The van der Waals surface area contributed by atoms with E-state index in [1.54, 1.807) is 17.6 Å². The van der Waals surface area contributed by atoms with Gasteiger partial charge in [-0.3, -0.25) is 4.90 Å². The largest absolute Gasteiger partial charge is 0.462 e. The SMILES string of the molecule is CC1CN(Cc2csc(-c3ccco3)n2)CC1N.Cl. The lowest BCUT2D eigenvalue weighted by molar-refractivity contribution is 0.315. The molecule has 0 aliphatic carbocycles. The van der Waals surface area contributed by atoms with Crippen molar-refractivity contribution in [3.05, 3.63) is 29.5 Å². The zero-order valence-corrected chi connectivity index (χ0v) is 12.4. The third-order valence-corrected chi connectivity index (χ3v) is 4.32. The van der Waals surface area contributed by atoms with Crippen molar-refractivity contribution in [1.29, 1.82) is 0 Å². The van der Waals surface area contributed by atoms with Crippen molar-refractivity contribution in [2.24, 2.45) is 11.7 Å². The van der Waals surface area contributed by atoms with Crippen LogP contribution >= 0.6 is 23.7 Å². The number of hydrogen-bond donors (Lipinski definition) is 1. The molecule has 2 atom stereocenters. The Labute approximate surface area is 123 Å². The first-order valence-corrected chi connectivity index (χ1v) is 7.06. The van der Waals surface area contributed by atoms with E-state index in [1.165, 1.54) is 0 Å². The lowest BCUT2D eigenvalue weighted by Gasteiger charge is -2.12. The van der Waals surface area contributed by atoms with Crippen molar-refractivity contribution in [1.82, 2.24) is 9.88 Å². The molecule has 0 aromatic carbocycles. The van der Waals surface area contributed by atoms with E-state index >= 15 is 0 Å². The fraction of sp³-hybridized carbons (Fsp3) is 0.462. The lowest BCUT2D eigenvalue weighted by Crippen LogP contribution is -2.28. The summed E-state index contributed by atoms with van der Waals surface area (Å²) in [6.07, 6.45) is 1.68. The molecule has 0 bridgehead atoms. The molecule has 1 saturated heterocycles. The number of furan rings is 1. The maximum Gasteiger partial charge on any atom is 0.162 e. The van der Waals surface area contributed by atoms with Gasteiger partial charge in [-0.1, -0.05) is 6.92 Å². The molecule has 0 amide bonds. The molecule has 0 spiro atoms. The molecule has 2 aromatic heterocycles. The quantitative estimate of drug-likeness (QED) is 0.946. The van der Waals surface area contributed by atoms with Gasteiger partial charge < -0.3 is 10.2 Å². The van der Waals surface area contributed by atoms with Gasteiger partial charge >= 0.3 is 0 Å². The Balaban J connectivity index is 0.00000133. The van der Waals surface area contributed by atoms with Crippen LogP contribution < -0.4 is 5.73 Å². The van der Waals surface area contributed by atoms with Crippen LogP contribution in [0.5, 0.6) is 0 Å². The molecule has 2 aromatic rings. The topological polar surface area (TPSA) is 55.3 Å². The smallest absolute Gasteiger partial charge is 0.162 e. The molecule has 19 heavy (non-hydrogen) atoms. The van der Waals surface area contributed by atoms with Crippen LogP contribution in [0.2, 0.25) is 0 Å². The fourth-order valence-electron chi connectivity index (χ4n) is 2.35. The van der Waals surface area contributed by atoms with Crippen LogP contribution in [-0.2, 0) is 6.54 Å². The van der Waals surface area contributed by atoms with Crippen molar-refractivity contribution in [3.8, 4) is 10.8 Å². The van der Waals surface area contributed by atoms with Gasteiger partial charge in [0.25, 0.3) is 0 Å². The summed E-state index contributed by atoms with van der Waals surface area (Å²) in [5, 5.41) is 3.05. The second-order valence-corrected chi connectivity index (χ2v) is 5.81. The van der Waals surface area contributed by atoms with Crippen LogP contribution in [0.4, 0.5) is 0 Å². The number of halogens is 1. The molecule has 3 heterocycles. The summed E-state index contributed by atoms with van der Waals surface area (Å²) < 4.78 is 5.35. The Morgan fingerprint density at radius 3 is 3.00 bits per heavy atom. The van der Waals surface area contributed by atoms with Crippen molar-refractivity contribution >= 4 is 23.7 Å². The van der Waals surface area contributed by atoms with Gasteiger partial charge in [-0.25, -0.2) is 4.98 Å². The van der Waals surface area contributed by atoms with Gasteiger partial charge in [-0.2, -0.15) is 0 Å². The summed E-state index contributed by atoms with van der Waals surface area (Å²) in [6.45, 7) is 5.12. The minimum atomic E-state index is 0. The Hall–Kier alpha value is -0.880. The highest BCUT2D eigenvalue weighted by Crippen LogP contribution is 2.25. The fourth-order valence-corrected chi connectivity index (χ4v) is 3.12. The van der Waals surface area contributed by atoms with Crippen LogP contribution in [0.25, 0.3) is 10.8 Å². The van der Waals surface area contributed by atoms with Crippen LogP contribution in [0.1, 0.15) is 12.6 Å². The van der Waals surface area contributed by atoms with E-state index in [0.29, 0.717) is 12.0 Å². The number of nitrogens with two attached hydrogens (primary N) is 1. The Morgan fingerprint density at radius 2 is 2.37 bits per heavy atom. The monoisotopic (exact) mass is 299 g/mol. The lowest BCUT2D eigenvalue weighted by atomic mass is 10.1. The molecule has 4 nitrogen and oxygen atoms in total. The molecular weight excluding hydrogens is 282 g/mol. The van der Waals surface area contributed by atoms with Crippen molar-refractivity contribution in [2.75, 3.05) is 13.1 Å². The molecule has 1 fully saturated rings. The van der Waals surface area contributed by atoms with Crippen molar-refractivity contribution in [2.45, 2.75) is 19.5 Å². The number of hydrogen-bond acceptors (Lipinski definition) is 5. The van der Waals surface area contributed by atoms with Gasteiger partial charge in [0.2, 0.25) is 0 Å². The molecule has 6 heteroatoms. The molecule has 3 rings (SSSR count). The molecule has 1 aliphatic rings. The molecular formula is C13H18ClN3OS. The summed E-state index contributed by atoms with van der Waals surface area (Å²) in [4.78, 5) is 6.98. The van der Waals surface area contributed by atoms with Gasteiger partial charge in [0.15, 0.2) is 10.8 Å². The van der Waals surface area contributed by atoms with Gasteiger partial charge in [0.05, 0.1) is 12.0 Å². The van der Waals surface area contributed by atoms with Crippen LogP contribution in [0.15, 0.2) is 28.2 Å². The van der Waals surface area contributed by atoms with E-state index in [0.717, 1.165) is 36.1 Å². The van der Waals surface area contributed by atoms with Crippen molar-refractivity contribution < 1.29 is 4.42 Å². The maximum absolute atomic E-state index is 6.03. The van der Waals surface area contributed by atoms with E-state index < -0.39 is 0 Å². The normalized spacial score (nSPS) is 23.5. The standard InChI is InChI=1S/C13H17N3OS.ClH/c1-9-5-16(7-11(9)14)6-10-8-18-13(15-10)12-3-2-4-17-12;/h2-4,8-9,11H,5-7,14H2,1H3;1H. The van der Waals surface area contributed by atoms with Crippen LogP contribution in [0, 0.1) is 5.92 Å². The Morgan fingerprint density at radius 1 is 1.53 bits per heavy atom. The van der Waals surface area contributed by atoms with E-state index in [9.17, 15) is 0 Å². The minimum Gasteiger partial charge on any atom is -0.462 e. The zero-order valence-electron chi connectivity index (χ0n) is 10.8. The molecule has 0 saturated carbocycles. The van der Waals surface area contributed by atoms with E-state index in [2.05, 4.69) is 22.2 Å². The Bertz CT molecular complexity index is 504. The summed E-state index contributed by atoms with van der Waals surface area (Å²) >= 11 is 1.63. The van der Waals surface area contributed by atoms with E-state index in [4.69, 9.17) is 10.2 Å².